The van der Waals surface area contributed by atoms with Crippen LogP contribution >= 0.6 is 11.8 Å². The molecule has 198 valence electrons. The number of hydrogen-bond acceptors (Lipinski definition) is 6. The highest BCUT2D eigenvalue weighted by molar-refractivity contribution is 7.99. The minimum absolute atomic E-state index is 0.108. The molecule has 1 heterocycles. The van der Waals surface area contributed by atoms with Crippen LogP contribution < -0.4 is 19.5 Å². The molecule has 7 nitrogen and oxygen atoms in total. The van der Waals surface area contributed by atoms with Crippen molar-refractivity contribution >= 4 is 17.7 Å². The minimum atomic E-state index is -0.108. The molecule has 3 aromatic carbocycles. The summed E-state index contributed by atoms with van der Waals surface area (Å²) in [4.78, 5) is 17.7. The van der Waals surface area contributed by atoms with Gasteiger partial charge in [0.25, 0.3) is 5.91 Å². The number of carbonyl (C=O) groups excluding carboxylic acids is 1. The average molecular weight is 532 g/mol. The summed E-state index contributed by atoms with van der Waals surface area (Å²) in [7, 11) is 4.94. The first-order valence-corrected chi connectivity index (χ1v) is 13.5. The second kappa shape index (κ2) is 13.1. The Kier molecular flexibility index (Phi) is 9.32. The van der Waals surface area contributed by atoms with Gasteiger partial charge in [-0.15, -0.1) is 0 Å². The number of nitrogens with one attached hydrogen (secondary N) is 1. The van der Waals surface area contributed by atoms with E-state index in [0.29, 0.717) is 17.9 Å². The molecule has 0 fully saturated rings. The predicted octanol–water partition coefficient (Wildman–Crippen LogP) is 6.18. The summed E-state index contributed by atoms with van der Waals surface area (Å²) in [5.41, 5.74) is 4.66. The Bertz CT molecular complexity index is 1330. The number of ether oxygens (including phenoxy) is 3. The van der Waals surface area contributed by atoms with Crippen molar-refractivity contribution < 1.29 is 19.0 Å². The molecule has 4 aromatic rings. The fraction of sp³-hybridized carbons (Fsp3) is 0.267. The number of nitrogens with zero attached hydrogens (tertiary/aromatic N) is 2. The molecule has 1 N–H and O–H groups in total. The van der Waals surface area contributed by atoms with Gasteiger partial charge in [-0.3, -0.25) is 4.79 Å². The number of hydrogen-bond donors (Lipinski definition) is 1. The third-order valence-corrected chi connectivity index (χ3v) is 7.06. The van der Waals surface area contributed by atoms with E-state index in [1.54, 1.807) is 57.4 Å². The summed E-state index contributed by atoms with van der Waals surface area (Å²) in [6.45, 7) is 3.50. The number of carbonyl (C=O) groups is 1. The van der Waals surface area contributed by atoms with Crippen molar-refractivity contribution in [3.05, 3.63) is 78.4 Å². The molecule has 0 aliphatic carbocycles. The van der Waals surface area contributed by atoms with Crippen LogP contribution in [0.3, 0.4) is 0 Å². The van der Waals surface area contributed by atoms with Crippen molar-refractivity contribution in [1.82, 2.24) is 14.9 Å². The van der Waals surface area contributed by atoms with Gasteiger partial charge >= 0.3 is 0 Å². The van der Waals surface area contributed by atoms with Crippen LogP contribution in [0.4, 0.5) is 0 Å². The van der Waals surface area contributed by atoms with Crippen molar-refractivity contribution in [2.24, 2.45) is 0 Å². The van der Waals surface area contributed by atoms with Crippen molar-refractivity contribution in [3.63, 3.8) is 0 Å². The molecular formula is C30H33N3O4S. The Morgan fingerprint density at radius 3 is 1.87 bits per heavy atom. The molecule has 0 unspecified atom stereocenters. The maximum atomic E-state index is 12.6. The molecule has 1 amide bonds. The van der Waals surface area contributed by atoms with Gasteiger partial charge < -0.3 is 24.1 Å². The molecule has 0 saturated heterocycles. The van der Waals surface area contributed by atoms with Crippen LogP contribution in [0.25, 0.3) is 22.5 Å². The first-order valence-electron chi connectivity index (χ1n) is 12.5. The van der Waals surface area contributed by atoms with Crippen LogP contribution in [-0.4, -0.2) is 49.1 Å². The summed E-state index contributed by atoms with van der Waals surface area (Å²) in [5, 5.41) is 3.92. The van der Waals surface area contributed by atoms with E-state index in [9.17, 15) is 4.79 Å². The van der Waals surface area contributed by atoms with E-state index < -0.39 is 0 Å². The highest BCUT2D eigenvalue weighted by atomic mass is 32.2. The predicted molar refractivity (Wildman–Crippen MR) is 153 cm³/mol. The fourth-order valence-electron chi connectivity index (χ4n) is 4.12. The third kappa shape index (κ3) is 6.31. The zero-order valence-corrected chi connectivity index (χ0v) is 23.0. The molecule has 4 rings (SSSR count). The summed E-state index contributed by atoms with van der Waals surface area (Å²) >= 11 is 1.64. The Morgan fingerprint density at radius 2 is 1.34 bits per heavy atom. The highest BCUT2D eigenvalue weighted by Crippen LogP contribution is 2.37. The van der Waals surface area contributed by atoms with Gasteiger partial charge in [0.05, 0.1) is 32.7 Å². The largest absolute Gasteiger partial charge is 0.497 e. The van der Waals surface area contributed by atoms with Crippen molar-refractivity contribution in [2.45, 2.75) is 25.0 Å². The van der Waals surface area contributed by atoms with Crippen LogP contribution in [-0.2, 0) is 6.54 Å². The van der Waals surface area contributed by atoms with Crippen LogP contribution in [0.1, 0.15) is 23.7 Å². The van der Waals surface area contributed by atoms with Gasteiger partial charge in [0.2, 0.25) is 0 Å². The molecule has 0 bridgehead atoms. The lowest BCUT2D eigenvalue weighted by molar-refractivity contribution is 0.0956. The highest BCUT2D eigenvalue weighted by Gasteiger charge is 2.20. The molecule has 8 heteroatoms. The standard InChI is InChI=1S/C30H33N3O4S/c1-5-19-33-28(22-8-14-25(36-3)15-9-22)27(21-6-12-24(35-2)13-7-21)32-30(33)38-20-18-31-29(34)23-10-16-26(37-4)17-11-23/h6-17H,5,18-20H2,1-4H3,(H,31,34). The maximum Gasteiger partial charge on any atom is 0.251 e. The quantitative estimate of drug-likeness (QED) is 0.174. The van der Waals surface area contributed by atoms with Crippen molar-refractivity contribution in [3.8, 4) is 39.8 Å². The second-order valence-electron chi connectivity index (χ2n) is 8.53. The molecule has 0 aliphatic rings. The van der Waals surface area contributed by atoms with Gasteiger partial charge in [0, 0.05) is 35.5 Å². The molecule has 0 saturated carbocycles. The van der Waals surface area contributed by atoms with Crippen molar-refractivity contribution in [1.29, 1.82) is 0 Å². The number of benzene rings is 3. The average Bonchev–Trinajstić information content (AvgIpc) is 3.33. The first-order chi connectivity index (χ1) is 18.6. The van der Waals surface area contributed by atoms with E-state index in [0.717, 1.165) is 57.9 Å². The van der Waals surface area contributed by atoms with Gasteiger partial charge in [-0.1, -0.05) is 18.7 Å². The lowest BCUT2D eigenvalue weighted by Gasteiger charge is -2.13. The monoisotopic (exact) mass is 531 g/mol. The Hall–Kier alpha value is -3.91. The summed E-state index contributed by atoms with van der Waals surface area (Å²) in [6.07, 6.45) is 0.962. The van der Waals surface area contributed by atoms with E-state index in [2.05, 4.69) is 28.9 Å². The Morgan fingerprint density at radius 1 is 0.816 bits per heavy atom. The second-order valence-corrected chi connectivity index (χ2v) is 9.60. The molecule has 38 heavy (non-hydrogen) atoms. The van der Waals surface area contributed by atoms with Gasteiger partial charge in [-0.05, 0) is 79.2 Å². The van der Waals surface area contributed by atoms with Gasteiger partial charge in [-0.25, -0.2) is 4.98 Å². The van der Waals surface area contributed by atoms with Crippen LogP contribution in [0.15, 0.2) is 78.0 Å². The molecule has 0 radical (unpaired) electrons. The van der Waals surface area contributed by atoms with Gasteiger partial charge in [0.1, 0.15) is 17.2 Å². The number of amides is 1. The smallest absolute Gasteiger partial charge is 0.251 e. The lowest BCUT2D eigenvalue weighted by Crippen LogP contribution is -2.25. The summed E-state index contributed by atoms with van der Waals surface area (Å²) < 4.78 is 18.2. The fourth-order valence-corrected chi connectivity index (χ4v) is 5.00. The van der Waals surface area contributed by atoms with E-state index in [4.69, 9.17) is 19.2 Å². The number of aromatic nitrogens is 2. The number of rotatable bonds is 12. The molecule has 0 atom stereocenters. The van der Waals surface area contributed by atoms with E-state index in [1.807, 2.05) is 36.4 Å². The van der Waals surface area contributed by atoms with Gasteiger partial charge in [-0.2, -0.15) is 0 Å². The van der Waals surface area contributed by atoms with Crippen LogP contribution in [0.5, 0.6) is 17.2 Å². The molecule has 1 aromatic heterocycles. The molecule has 0 aliphatic heterocycles. The molecule has 0 spiro atoms. The number of imidazole rings is 1. The van der Waals surface area contributed by atoms with E-state index in [-0.39, 0.29) is 5.91 Å². The Labute approximate surface area is 228 Å². The number of methoxy groups -OCH3 is 3. The number of thioether (sulfide) groups is 1. The van der Waals surface area contributed by atoms with E-state index >= 15 is 0 Å². The van der Waals surface area contributed by atoms with Crippen molar-refractivity contribution in [2.75, 3.05) is 33.6 Å². The summed E-state index contributed by atoms with van der Waals surface area (Å²) in [5.74, 6) is 2.91. The van der Waals surface area contributed by atoms with Crippen LogP contribution in [0, 0.1) is 0 Å². The maximum absolute atomic E-state index is 12.6. The zero-order chi connectivity index (χ0) is 26.9. The first kappa shape index (κ1) is 27.1. The van der Waals surface area contributed by atoms with E-state index in [1.165, 1.54) is 0 Å². The minimum Gasteiger partial charge on any atom is -0.497 e. The van der Waals surface area contributed by atoms with Gasteiger partial charge in [0.15, 0.2) is 5.16 Å². The molecular weight excluding hydrogens is 498 g/mol. The van der Waals surface area contributed by atoms with Crippen LogP contribution in [0.2, 0.25) is 0 Å². The lowest BCUT2D eigenvalue weighted by atomic mass is 10.0. The Balaban J connectivity index is 1.58. The SMILES string of the molecule is CCCn1c(SCCNC(=O)c2ccc(OC)cc2)nc(-c2ccc(OC)cc2)c1-c1ccc(OC)cc1. The zero-order valence-electron chi connectivity index (χ0n) is 22.2. The third-order valence-electron chi connectivity index (χ3n) is 6.08. The summed E-state index contributed by atoms with van der Waals surface area (Å²) in [6, 6.07) is 23.1. The topological polar surface area (TPSA) is 74.6 Å². The normalized spacial score (nSPS) is 10.7.